The highest BCUT2D eigenvalue weighted by molar-refractivity contribution is 5.91. The van der Waals surface area contributed by atoms with Crippen molar-refractivity contribution in [2.45, 2.75) is 33.6 Å². The van der Waals surface area contributed by atoms with Gasteiger partial charge in [-0.1, -0.05) is 13.8 Å². The predicted molar refractivity (Wildman–Crippen MR) is 94.3 cm³/mol. The summed E-state index contributed by atoms with van der Waals surface area (Å²) in [5.74, 6) is 1.14. The number of nitrogens with zero attached hydrogens (tertiary/aromatic N) is 5. The standard InChI is InChI=1S/C18H22FN5/c1-5-23(6-2)17-14-10-13(12(3)4)15(19)11-16(14)21-18(22-17)24-9-7-8-20-24/h7-12H,5-6H2,1-4H3. The Bertz CT molecular complexity index is 838. The van der Waals surface area contributed by atoms with Crippen molar-refractivity contribution in [3.63, 3.8) is 0 Å². The number of halogens is 1. The first kappa shape index (κ1) is 16.4. The van der Waals surface area contributed by atoms with E-state index in [-0.39, 0.29) is 11.7 Å². The van der Waals surface area contributed by atoms with E-state index in [0.717, 1.165) is 24.3 Å². The summed E-state index contributed by atoms with van der Waals surface area (Å²) >= 11 is 0. The summed E-state index contributed by atoms with van der Waals surface area (Å²) in [6.07, 6.45) is 3.46. The fourth-order valence-electron chi connectivity index (χ4n) is 2.84. The van der Waals surface area contributed by atoms with Crippen LogP contribution in [0, 0.1) is 5.82 Å². The molecule has 6 heteroatoms. The van der Waals surface area contributed by atoms with Gasteiger partial charge in [0.15, 0.2) is 0 Å². The lowest BCUT2D eigenvalue weighted by Gasteiger charge is -2.22. The molecule has 0 aliphatic rings. The molecule has 3 rings (SSSR count). The van der Waals surface area contributed by atoms with Gasteiger partial charge in [-0.25, -0.2) is 14.1 Å². The lowest BCUT2D eigenvalue weighted by atomic mass is 10.0. The van der Waals surface area contributed by atoms with Gasteiger partial charge in [0, 0.05) is 36.9 Å². The van der Waals surface area contributed by atoms with E-state index < -0.39 is 0 Å². The van der Waals surface area contributed by atoms with E-state index in [1.54, 1.807) is 17.1 Å². The molecule has 0 atom stereocenters. The number of hydrogen-bond acceptors (Lipinski definition) is 4. The van der Waals surface area contributed by atoms with Gasteiger partial charge in [0.25, 0.3) is 5.95 Å². The molecule has 0 saturated heterocycles. The molecule has 2 heterocycles. The number of rotatable bonds is 5. The Morgan fingerprint density at radius 2 is 1.92 bits per heavy atom. The minimum atomic E-state index is -0.229. The molecule has 0 bridgehead atoms. The van der Waals surface area contributed by atoms with Crippen molar-refractivity contribution in [1.82, 2.24) is 19.7 Å². The largest absolute Gasteiger partial charge is 0.356 e. The Morgan fingerprint density at radius 1 is 1.17 bits per heavy atom. The molecule has 0 unspecified atom stereocenters. The quantitative estimate of drug-likeness (QED) is 0.712. The molecule has 1 aromatic carbocycles. The van der Waals surface area contributed by atoms with Gasteiger partial charge in [-0.3, -0.25) is 0 Å². The van der Waals surface area contributed by atoms with Crippen LogP contribution in [0.2, 0.25) is 0 Å². The molecule has 0 amide bonds. The molecule has 3 aromatic rings. The molecule has 126 valence electrons. The van der Waals surface area contributed by atoms with Crippen molar-refractivity contribution in [2.24, 2.45) is 0 Å². The molecule has 2 aromatic heterocycles. The van der Waals surface area contributed by atoms with Crippen LogP contribution in [0.1, 0.15) is 39.2 Å². The van der Waals surface area contributed by atoms with Crippen LogP contribution in [0.15, 0.2) is 30.6 Å². The zero-order valence-corrected chi connectivity index (χ0v) is 14.5. The smallest absolute Gasteiger partial charge is 0.253 e. The normalized spacial score (nSPS) is 11.4. The molecular weight excluding hydrogens is 305 g/mol. The minimum absolute atomic E-state index is 0.102. The van der Waals surface area contributed by atoms with Gasteiger partial charge in [0.2, 0.25) is 0 Å². The molecule has 0 N–H and O–H groups in total. The van der Waals surface area contributed by atoms with Crippen molar-refractivity contribution in [3.8, 4) is 5.95 Å². The Hall–Kier alpha value is -2.50. The van der Waals surface area contributed by atoms with Crippen molar-refractivity contribution >= 4 is 16.7 Å². The molecule has 24 heavy (non-hydrogen) atoms. The Morgan fingerprint density at radius 3 is 2.50 bits per heavy atom. The third kappa shape index (κ3) is 2.84. The van der Waals surface area contributed by atoms with Gasteiger partial charge in [-0.15, -0.1) is 0 Å². The summed E-state index contributed by atoms with van der Waals surface area (Å²) < 4.78 is 16.0. The van der Waals surface area contributed by atoms with E-state index in [4.69, 9.17) is 4.98 Å². The van der Waals surface area contributed by atoms with E-state index in [1.165, 1.54) is 6.07 Å². The van der Waals surface area contributed by atoms with Gasteiger partial charge >= 0.3 is 0 Å². The summed E-state index contributed by atoms with van der Waals surface area (Å²) in [5.41, 5.74) is 1.28. The van der Waals surface area contributed by atoms with E-state index in [9.17, 15) is 4.39 Å². The molecule has 0 fully saturated rings. The number of hydrogen-bond donors (Lipinski definition) is 0. The van der Waals surface area contributed by atoms with Crippen molar-refractivity contribution < 1.29 is 4.39 Å². The van der Waals surface area contributed by atoms with E-state index in [0.29, 0.717) is 17.0 Å². The minimum Gasteiger partial charge on any atom is -0.356 e. The molecule has 0 saturated carbocycles. The van der Waals surface area contributed by atoms with Crippen LogP contribution < -0.4 is 4.90 Å². The third-order valence-electron chi connectivity index (χ3n) is 4.18. The first-order chi connectivity index (χ1) is 11.5. The molecule has 0 radical (unpaired) electrons. The summed E-state index contributed by atoms with van der Waals surface area (Å²) in [6.45, 7) is 9.77. The lowest BCUT2D eigenvalue weighted by molar-refractivity contribution is 0.600. The average Bonchev–Trinajstić information content (AvgIpc) is 3.09. The second-order valence-electron chi connectivity index (χ2n) is 6.02. The maximum atomic E-state index is 14.4. The lowest BCUT2D eigenvalue weighted by Crippen LogP contribution is -2.24. The highest BCUT2D eigenvalue weighted by atomic mass is 19.1. The third-order valence-corrected chi connectivity index (χ3v) is 4.18. The SMILES string of the molecule is CCN(CC)c1nc(-n2cccn2)nc2cc(F)c(C(C)C)cc12. The molecule has 0 spiro atoms. The Labute approximate surface area is 141 Å². The van der Waals surface area contributed by atoms with Crippen LogP contribution in [0.3, 0.4) is 0 Å². The topological polar surface area (TPSA) is 46.8 Å². The van der Waals surface area contributed by atoms with Crippen LogP contribution in [0.4, 0.5) is 10.2 Å². The van der Waals surface area contributed by atoms with Crippen LogP contribution in [0.25, 0.3) is 16.9 Å². The summed E-state index contributed by atoms with van der Waals surface area (Å²) in [4.78, 5) is 11.4. The molecular formula is C18H22FN5. The van der Waals surface area contributed by atoms with Crippen molar-refractivity contribution in [2.75, 3.05) is 18.0 Å². The zero-order valence-electron chi connectivity index (χ0n) is 14.5. The Balaban J connectivity index is 2.31. The molecule has 0 aliphatic heterocycles. The first-order valence-electron chi connectivity index (χ1n) is 8.31. The maximum absolute atomic E-state index is 14.4. The second kappa shape index (κ2) is 6.55. The van der Waals surface area contributed by atoms with Gasteiger partial charge in [0.1, 0.15) is 11.6 Å². The second-order valence-corrected chi connectivity index (χ2v) is 6.02. The van der Waals surface area contributed by atoms with Crippen LogP contribution >= 0.6 is 0 Å². The highest BCUT2D eigenvalue weighted by Gasteiger charge is 2.17. The van der Waals surface area contributed by atoms with E-state index in [2.05, 4.69) is 28.8 Å². The van der Waals surface area contributed by atoms with Gasteiger partial charge < -0.3 is 4.90 Å². The van der Waals surface area contributed by atoms with Crippen LogP contribution in [-0.2, 0) is 0 Å². The van der Waals surface area contributed by atoms with E-state index in [1.807, 2.05) is 26.0 Å². The van der Waals surface area contributed by atoms with Crippen molar-refractivity contribution in [1.29, 1.82) is 0 Å². The highest BCUT2D eigenvalue weighted by Crippen LogP contribution is 2.30. The fraction of sp³-hybridized carbons (Fsp3) is 0.389. The fourth-order valence-corrected chi connectivity index (χ4v) is 2.84. The number of benzene rings is 1. The van der Waals surface area contributed by atoms with E-state index >= 15 is 0 Å². The maximum Gasteiger partial charge on any atom is 0.253 e. The van der Waals surface area contributed by atoms with Gasteiger partial charge in [0.05, 0.1) is 5.52 Å². The number of aromatic nitrogens is 4. The van der Waals surface area contributed by atoms with Gasteiger partial charge in [-0.2, -0.15) is 10.1 Å². The van der Waals surface area contributed by atoms with Crippen LogP contribution in [0.5, 0.6) is 0 Å². The van der Waals surface area contributed by atoms with Crippen molar-refractivity contribution in [3.05, 3.63) is 42.0 Å². The first-order valence-corrected chi connectivity index (χ1v) is 8.31. The molecule has 0 aliphatic carbocycles. The van der Waals surface area contributed by atoms with Crippen LogP contribution in [-0.4, -0.2) is 32.8 Å². The summed E-state index contributed by atoms with van der Waals surface area (Å²) in [5, 5.41) is 5.07. The zero-order chi connectivity index (χ0) is 17.3. The number of anilines is 1. The Kier molecular flexibility index (Phi) is 4.46. The summed E-state index contributed by atoms with van der Waals surface area (Å²) in [7, 11) is 0. The predicted octanol–water partition coefficient (Wildman–Crippen LogP) is 3.92. The monoisotopic (exact) mass is 327 g/mol. The number of fused-ring (bicyclic) bond motifs is 1. The molecule has 5 nitrogen and oxygen atoms in total. The van der Waals surface area contributed by atoms with Gasteiger partial charge in [-0.05, 0) is 37.5 Å². The summed E-state index contributed by atoms with van der Waals surface area (Å²) in [6, 6.07) is 5.20. The average molecular weight is 327 g/mol.